The van der Waals surface area contributed by atoms with Crippen molar-refractivity contribution in [1.29, 1.82) is 0 Å². The number of aryl methyl sites for hydroxylation is 2. The third-order valence-corrected chi connectivity index (χ3v) is 7.65. The van der Waals surface area contributed by atoms with Crippen LogP contribution in [0.3, 0.4) is 0 Å². The summed E-state index contributed by atoms with van der Waals surface area (Å²) in [6, 6.07) is 6.59. The van der Waals surface area contributed by atoms with E-state index in [0.717, 1.165) is 36.4 Å². The average Bonchev–Trinajstić information content (AvgIpc) is 2.76. The molecular weight excluding hydrogens is 526 g/mol. The van der Waals surface area contributed by atoms with E-state index in [1.54, 1.807) is 0 Å². The van der Waals surface area contributed by atoms with Crippen LogP contribution >= 0.6 is 0 Å². The van der Waals surface area contributed by atoms with Crippen LogP contribution in [0.15, 0.2) is 58.3 Å². The van der Waals surface area contributed by atoms with Gasteiger partial charge in [0, 0.05) is 35.4 Å². The van der Waals surface area contributed by atoms with Gasteiger partial charge in [-0.2, -0.15) is 0 Å². The van der Waals surface area contributed by atoms with Crippen LogP contribution in [0, 0.1) is 45.7 Å². The van der Waals surface area contributed by atoms with Crippen LogP contribution in [0.4, 0.5) is 31.5 Å². The lowest BCUT2D eigenvalue weighted by atomic mass is 10.2. The quantitative estimate of drug-likeness (QED) is 0.317. The summed E-state index contributed by atoms with van der Waals surface area (Å²) in [4.78, 5) is 19.5. The molecule has 3 aromatic rings. The molecule has 0 spiro atoms. The molecule has 0 fully saturated rings. The number of sulfonamides is 2. The monoisotopic (exact) mass is 542 g/mol. The number of nitrogens with one attached hydrogen (secondary N) is 2. The van der Waals surface area contributed by atoms with Gasteiger partial charge in [-0.15, -0.1) is 0 Å². The number of anilines is 2. The summed E-state index contributed by atoms with van der Waals surface area (Å²) < 4.78 is 83.0. The Morgan fingerprint density at radius 3 is 1.31 bits per heavy atom. The molecule has 3 aromatic carbocycles. The van der Waals surface area contributed by atoms with Crippen molar-refractivity contribution in [2.75, 3.05) is 9.44 Å². The first-order valence-corrected chi connectivity index (χ1v) is 12.6. The minimum atomic E-state index is -4.65. The topological polar surface area (TPSA) is 179 Å². The maximum atomic E-state index is 14.0. The fourth-order valence-corrected chi connectivity index (χ4v) is 5.21. The predicted octanol–water partition coefficient (Wildman–Crippen LogP) is 4.00. The van der Waals surface area contributed by atoms with Crippen LogP contribution in [0.1, 0.15) is 11.1 Å². The van der Waals surface area contributed by atoms with E-state index in [-0.39, 0.29) is 11.1 Å². The lowest BCUT2D eigenvalue weighted by Gasteiger charge is -2.15. The van der Waals surface area contributed by atoms with E-state index in [4.69, 9.17) is 0 Å². The van der Waals surface area contributed by atoms with E-state index in [1.807, 2.05) is 9.44 Å². The maximum Gasteiger partial charge on any atom is 0.273 e. The number of hydrogen-bond donors (Lipinski definition) is 2. The zero-order chi connectivity index (χ0) is 27.0. The van der Waals surface area contributed by atoms with Gasteiger partial charge >= 0.3 is 0 Å². The second-order valence-electron chi connectivity index (χ2n) is 7.43. The van der Waals surface area contributed by atoms with Crippen LogP contribution < -0.4 is 9.44 Å². The Bertz CT molecular complexity index is 1510. The van der Waals surface area contributed by atoms with E-state index in [1.165, 1.54) is 13.8 Å². The first-order valence-electron chi connectivity index (χ1n) is 9.67. The first kappa shape index (κ1) is 26.4. The lowest BCUT2D eigenvalue weighted by Crippen LogP contribution is -2.18. The Balaban J connectivity index is 2.06. The van der Waals surface area contributed by atoms with E-state index >= 15 is 0 Å². The SMILES string of the molecule is Cc1ccc(S(=O)(=O)Nc2cc(F)c(F)cc2NS(=O)(=O)c2ccc(C)c([N+](=O)[O-])c2)cc1[N+](=O)[O-]. The number of rotatable bonds is 8. The molecule has 0 aliphatic carbocycles. The minimum Gasteiger partial charge on any atom is -0.277 e. The molecule has 0 heterocycles. The summed E-state index contributed by atoms with van der Waals surface area (Å²) in [5, 5.41) is 22.3. The summed E-state index contributed by atoms with van der Waals surface area (Å²) in [5.74, 6) is -3.06. The molecule has 0 aliphatic rings. The standard InChI is InChI=1S/C20H16F2N4O8S2/c1-11-3-5-13(7-19(11)25(27)28)35(31,32)23-17-9-15(21)16(22)10-18(17)24-36(33,34)14-6-4-12(2)20(8-14)26(29)30/h3-10,23-24H,1-2H3. The summed E-state index contributed by atoms with van der Waals surface area (Å²) in [6.07, 6.45) is 0. The van der Waals surface area contributed by atoms with Crippen molar-refractivity contribution >= 4 is 42.8 Å². The number of halogens is 2. The van der Waals surface area contributed by atoms with Crippen molar-refractivity contribution < 1.29 is 35.5 Å². The zero-order valence-electron chi connectivity index (χ0n) is 18.4. The van der Waals surface area contributed by atoms with Gasteiger partial charge in [0.15, 0.2) is 11.6 Å². The molecule has 0 bridgehead atoms. The van der Waals surface area contributed by atoms with Crippen molar-refractivity contribution in [3.8, 4) is 0 Å². The van der Waals surface area contributed by atoms with E-state index in [2.05, 4.69) is 0 Å². The van der Waals surface area contributed by atoms with Gasteiger partial charge in [-0.1, -0.05) is 12.1 Å². The molecule has 0 saturated heterocycles. The van der Waals surface area contributed by atoms with Crippen molar-refractivity contribution in [2.45, 2.75) is 23.6 Å². The summed E-state index contributed by atoms with van der Waals surface area (Å²) in [5.41, 5.74) is -2.22. The molecule has 16 heteroatoms. The highest BCUT2D eigenvalue weighted by Crippen LogP contribution is 2.32. The van der Waals surface area contributed by atoms with Gasteiger partial charge in [0.25, 0.3) is 31.4 Å². The second kappa shape index (κ2) is 9.46. The first-order chi connectivity index (χ1) is 16.6. The zero-order valence-corrected chi connectivity index (χ0v) is 20.0. The molecule has 0 aliphatic heterocycles. The number of nitrogens with zero attached hydrogens (tertiary/aromatic N) is 2. The third kappa shape index (κ3) is 5.38. The highest BCUT2D eigenvalue weighted by molar-refractivity contribution is 7.93. The number of nitro benzene ring substituents is 2. The summed E-state index contributed by atoms with van der Waals surface area (Å²) >= 11 is 0. The van der Waals surface area contributed by atoms with Crippen molar-refractivity contribution in [3.05, 3.63) is 91.5 Å². The van der Waals surface area contributed by atoms with E-state index < -0.39 is 74.1 Å². The average molecular weight is 542 g/mol. The molecule has 0 radical (unpaired) electrons. The Morgan fingerprint density at radius 2 is 1.00 bits per heavy atom. The normalized spacial score (nSPS) is 11.7. The van der Waals surface area contributed by atoms with Crippen molar-refractivity contribution in [1.82, 2.24) is 0 Å². The molecule has 3 rings (SSSR count). The van der Waals surface area contributed by atoms with Crippen LogP contribution in [0.2, 0.25) is 0 Å². The lowest BCUT2D eigenvalue weighted by molar-refractivity contribution is -0.385. The molecule has 36 heavy (non-hydrogen) atoms. The summed E-state index contributed by atoms with van der Waals surface area (Å²) in [7, 11) is -9.30. The Labute approximate surface area is 203 Å². The molecule has 12 nitrogen and oxygen atoms in total. The molecule has 0 aromatic heterocycles. The largest absolute Gasteiger partial charge is 0.277 e. The van der Waals surface area contributed by atoms with Gasteiger partial charge in [0.2, 0.25) is 0 Å². The molecule has 190 valence electrons. The third-order valence-electron chi connectivity index (χ3n) is 4.92. The second-order valence-corrected chi connectivity index (χ2v) is 10.8. The van der Waals surface area contributed by atoms with Gasteiger partial charge in [-0.05, 0) is 26.0 Å². The van der Waals surface area contributed by atoms with Crippen LogP contribution in [0.5, 0.6) is 0 Å². The predicted molar refractivity (Wildman–Crippen MR) is 124 cm³/mol. The number of nitro groups is 2. The Hall–Kier alpha value is -4.18. The fourth-order valence-electron chi connectivity index (χ4n) is 3.03. The van der Waals surface area contributed by atoms with Gasteiger partial charge in [-0.25, -0.2) is 25.6 Å². The van der Waals surface area contributed by atoms with E-state index in [9.17, 15) is 45.8 Å². The molecule has 0 atom stereocenters. The van der Waals surface area contributed by atoms with Crippen molar-refractivity contribution in [3.63, 3.8) is 0 Å². The van der Waals surface area contributed by atoms with Gasteiger partial charge in [0.1, 0.15) is 0 Å². The Morgan fingerprint density at radius 1 is 0.667 bits per heavy atom. The summed E-state index contributed by atoms with van der Waals surface area (Å²) in [6.45, 7) is 2.75. The fraction of sp³-hybridized carbons (Fsp3) is 0.100. The number of benzene rings is 3. The van der Waals surface area contributed by atoms with Gasteiger partial charge in [-0.3, -0.25) is 29.7 Å². The van der Waals surface area contributed by atoms with E-state index in [0.29, 0.717) is 12.1 Å². The number of hydrogen-bond acceptors (Lipinski definition) is 8. The van der Waals surface area contributed by atoms with Crippen molar-refractivity contribution in [2.24, 2.45) is 0 Å². The van der Waals surface area contributed by atoms with Crippen LogP contribution in [-0.2, 0) is 20.0 Å². The molecule has 0 saturated carbocycles. The highest BCUT2D eigenvalue weighted by Gasteiger charge is 2.25. The highest BCUT2D eigenvalue weighted by atomic mass is 32.2. The molecule has 0 unspecified atom stereocenters. The maximum absolute atomic E-state index is 14.0. The molecule has 0 amide bonds. The smallest absolute Gasteiger partial charge is 0.273 e. The molecule has 2 N–H and O–H groups in total. The van der Waals surface area contributed by atoms with Crippen LogP contribution in [-0.4, -0.2) is 26.7 Å². The minimum absolute atomic E-state index is 0.160. The van der Waals surface area contributed by atoms with Gasteiger partial charge < -0.3 is 0 Å². The Kier molecular flexibility index (Phi) is 6.95. The van der Waals surface area contributed by atoms with Gasteiger partial charge in [0.05, 0.1) is 31.0 Å². The van der Waals surface area contributed by atoms with Crippen LogP contribution in [0.25, 0.3) is 0 Å². The molecular formula is C20H16F2N4O8S2.